The van der Waals surface area contributed by atoms with Crippen LogP contribution in [0.4, 0.5) is 0 Å². The summed E-state index contributed by atoms with van der Waals surface area (Å²) in [7, 11) is 0. The predicted octanol–water partition coefficient (Wildman–Crippen LogP) is 4.49. The van der Waals surface area contributed by atoms with Crippen molar-refractivity contribution in [1.82, 2.24) is 9.80 Å². The molecule has 1 unspecified atom stereocenters. The molecule has 3 heteroatoms. The summed E-state index contributed by atoms with van der Waals surface area (Å²) in [5.74, 6) is 1.93. The molecule has 0 spiro atoms. The molecule has 0 amide bonds. The highest BCUT2D eigenvalue weighted by Crippen LogP contribution is 2.33. The lowest BCUT2D eigenvalue weighted by Gasteiger charge is -2.41. The van der Waals surface area contributed by atoms with Crippen LogP contribution in [0.25, 0.3) is 0 Å². The highest BCUT2D eigenvalue weighted by Gasteiger charge is 2.30. The lowest BCUT2D eigenvalue weighted by atomic mass is 9.78. The normalized spacial score (nSPS) is 27.1. The van der Waals surface area contributed by atoms with Crippen molar-refractivity contribution in [3.8, 4) is 0 Å². The molecule has 3 nitrogen and oxygen atoms in total. The van der Waals surface area contributed by atoms with Gasteiger partial charge in [0, 0.05) is 19.7 Å². The first kappa shape index (κ1) is 19.4. The van der Waals surface area contributed by atoms with Crippen LogP contribution < -0.4 is 0 Å². The fourth-order valence-corrected chi connectivity index (χ4v) is 5.46. The molecule has 3 aliphatic rings. The molecule has 27 heavy (non-hydrogen) atoms. The van der Waals surface area contributed by atoms with Crippen molar-refractivity contribution in [2.24, 2.45) is 11.8 Å². The highest BCUT2D eigenvalue weighted by atomic mass is 16.5. The Morgan fingerprint density at radius 1 is 0.852 bits per heavy atom. The van der Waals surface area contributed by atoms with E-state index in [-0.39, 0.29) is 0 Å². The maximum absolute atomic E-state index is 5.95. The van der Waals surface area contributed by atoms with Crippen LogP contribution in [-0.2, 0) is 11.3 Å². The van der Waals surface area contributed by atoms with Gasteiger partial charge in [-0.2, -0.15) is 0 Å². The van der Waals surface area contributed by atoms with Crippen molar-refractivity contribution in [3.63, 3.8) is 0 Å². The number of rotatable bonds is 5. The molecule has 3 fully saturated rings. The van der Waals surface area contributed by atoms with Gasteiger partial charge in [0.25, 0.3) is 0 Å². The van der Waals surface area contributed by atoms with Gasteiger partial charge in [-0.15, -0.1) is 0 Å². The molecule has 1 aromatic rings. The van der Waals surface area contributed by atoms with Crippen molar-refractivity contribution >= 4 is 0 Å². The number of hydrogen-bond acceptors (Lipinski definition) is 3. The number of hydrogen-bond donors (Lipinski definition) is 0. The molecule has 0 aromatic heterocycles. The summed E-state index contributed by atoms with van der Waals surface area (Å²) < 4.78 is 5.95. The number of nitrogens with zero attached hydrogens (tertiary/aromatic N) is 2. The van der Waals surface area contributed by atoms with Crippen LogP contribution in [0.1, 0.15) is 56.1 Å². The topological polar surface area (TPSA) is 15.7 Å². The molecule has 1 aromatic carbocycles. The summed E-state index contributed by atoms with van der Waals surface area (Å²) >= 11 is 0. The van der Waals surface area contributed by atoms with Crippen LogP contribution in [0.5, 0.6) is 0 Å². The maximum Gasteiger partial charge on any atom is 0.0702 e. The highest BCUT2D eigenvalue weighted by molar-refractivity contribution is 5.25. The van der Waals surface area contributed by atoms with Crippen molar-refractivity contribution in [3.05, 3.63) is 35.4 Å². The van der Waals surface area contributed by atoms with E-state index in [0.717, 1.165) is 25.0 Å². The van der Waals surface area contributed by atoms with Gasteiger partial charge in [0.05, 0.1) is 6.10 Å². The molecule has 0 radical (unpaired) electrons. The second-order valence-electron chi connectivity index (χ2n) is 9.17. The zero-order chi connectivity index (χ0) is 18.5. The van der Waals surface area contributed by atoms with E-state index in [2.05, 4.69) is 41.0 Å². The third-order valence-corrected chi connectivity index (χ3v) is 7.32. The Bertz CT molecular complexity index is 567. The maximum atomic E-state index is 5.95. The average molecular weight is 371 g/mol. The Kier molecular flexibility index (Phi) is 6.86. The summed E-state index contributed by atoms with van der Waals surface area (Å²) in [6, 6.07) is 8.88. The first-order valence-corrected chi connectivity index (χ1v) is 11.4. The van der Waals surface area contributed by atoms with Gasteiger partial charge in [-0.25, -0.2) is 0 Å². The van der Waals surface area contributed by atoms with Crippen LogP contribution in [0.15, 0.2) is 24.3 Å². The van der Waals surface area contributed by atoms with Crippen LogP contribution in [0.2, 0.25) is 0 Å². The molecule has 3 aliphatic heterocycles. The lowest BCUT2D eigenvalue weighted by molar-refractivity contribution is -0.0145. The third-order valence-electron chi connectivity index (χ3n) is 7.32. The molecule has 3 saturated heterocycles. The SMILES string of the molecule is Cc1ccccc1CN1CCC(C2CCN(CC3CCCCO3)CC2)CC1. The quantitative estimate of drug-likeness (QED) is 0.759. The summed E-state index contributed by atoms with van der Waals surface area (Å²) in [6.07, 6.45) is 10.1. The minimum absolute atomic E-state index is 0.514. The van der Waals surface area contributed by atoms with E-state index in [0.29, 0.717) is 6.10 Å². The van der Waals surface area contributed by atoms with Gasteiger partial charge in [0.15, 0.2) is 0 Å². The molecule has 150 valence electrons. The largest absolute Gasteiger partial charge is 0.377 e. The Morgan fingerprint density at radius 3 is 2.15 bits per heavy atom. The van der Waals surface area contributed by atoms with Crippen LogP contribution >= 0.6 is 0 Å². The smallest absolute Gasteiger partial charge is 0.0702 e. The number of aryl methyl sites for hydroxylation is 1. The van der Waals surface area contributed by atoms with E-state index in [1.54, 1.807) is 0 Å². The molecular weight excluding hydrogens is 332 g/mol. The fourth-order valence-electron chi connectivity index (χ4n) is 5.46. The molecule has 4 rings (SSSR count). The first-order chi connectivity index (χ1) is 13.3. The molecule has 0 saturated carbocycles. The van der Waals surface area contributed by atoms with Crippen LogP contribution in [0, 0.1) is 18.8 Å². The third kappa shape index (κ3) is 5.34. The summed E-state index contributed by atoms with van der Waals surface area (Å²) in [6.45, 7) is 10.7. The molecule has 3 heterocycles. The molecule has 0 bridgehead atoms. The van der Waals surface area contributed by atoms with Gasteiger partial charge in [0.1, 0.15) is 0 Å². The van der Waals surface area contributed by atoms with E-state index >= 15 is 0 Å². The van der Waals surface area contributed by atoms with Gasteiger partial charge in [-0.05, 0) is 101 Å². The zero-order valence-electron chi connectivity index (χ0n) is 17.2. The number of piperidine rings is 2. The molecule has 0 N–H and O–H groups in total. The van der Waals surface area contributed by atoms with Crippen molar-refractivity contribution < 1.29 is 4.74 Å². The van der Waals surface area contributed by atoms with E-state index in [9.17, 15) is 0 Å². The average Bonchev–Trinajstić information content (AvgIpc) is 2.72. The lowest BCUT2D eigenvalue weighted by Crippen LogP contribution is -2.43. The summed E-state index contributed by atoms with van der Waals surface area (Å²) in [5, 5.41) is 0. The molecule has 0 aliphatic carbocycles. The van der Waals surface area contributed by atoms with E-state index in [4.69, 9.17) is 4.74 Å². The Balaban J connectivity index is 1.18. The zero-order valence-corrected chi connectivity index (χ0v) is 17.2. The Hall–Kier alpha value is -0.900. The number of likely N-dealkylation sites (tertiary alicyclic amines) is 2. The Labute approximate surface area is 166 Å². The number of ether oxygens (including phenoxy) is 1. The van der Waals surface area contributed by atoms with Crippen molar-refractivity contribution in [1.29, 1.82) is 0 Å². The second-order valence-corrected chi connectivity index (χ2v) is 9.17. The Morgan fingerprint density at radius 2 is 1.52 bits per heavy atom. The van der Waals surface area contributed by atoms with Crippen LogP contribution in [0.3, 0.4) is 0 Å². The van der Waals surface area contributed by atoms with Gasteiger partial charge >= 0.3 is 0 Å². The van der Waals surface area contributed by atoms with Gasteiger partial charge < -0.3 is 9.64 Å². The van der Waals surface area contributed by atoms with Gasteiger partial charge in [0.2, 0.25) is 0 Å². The van der Waals surface area contributed by atoms with Gasteiger partial charge in [-0.3, -0.25) is 4.90 Å². The van der Waals surface area contributed by atoms with E-state index in [1.165, 1.54) is 88.8 Å². The van der Waals surface area contributed by atoms with Crippen molar-refractivity contribution in [2.45, 2.75) is 64.5 Å². The standard InChI is InChI=1S/C24H38N2O/c1-20-6-2-3-7-23(20)18-25-13-9-21(10-14-25)22-11-15-26(16-12-22)19-24-8-4-5-17-27-24/h2-3,6-7,21-22,24H,4-5,8-19H2,1H3. The summed E-state index contributed by atoms with van der Waals surface area (Å²) in [5.41, 5.74) is 2.95. The van der Waals surface area contributed by atoms with E-state index in [1.807, 2.05) is 0 Å². The summed E-state index contributed by atoms with van der Waals surface area (Å²) in [4.78, 5) is 5.36. The molecular formula is C24H38N2O. The number of benzene rings is 1. The van der Waals surface area contributed by atoms with Crippen LogP contribution in [-0.4, -0.2) is 55.2 Å². The predicted molar refractivity (Wildman–Crippen MR) is 112 cm³/mol. The van der Waals surface area contributed by atoms with E-state index < -0.39 is 0 Å². The minimum atomic E-state index is 0.514. The van der Waals surface area contributed by atoms with Crippen molar-refractivity contribution in [2.75, 3.05) is 39.3 Å². The second kappa shape index (κ2) is 9.54. The fraction of sp³-hybridized carbons (Fsp3) is 0.750. The van der Waals surface area contributed by atoms with Gasteiger partial charge in [-0.1, -0.05) is 24.3 Å². The first-order valence-electron chi connectivity index (χ1n) is 11.4. The minimum Gasteiger partial charge on any atom is -0.377 e. The molecule has 1 atom stereocenters. The monoisotopic (exact) mass is 370 g/mol.